The first kappa shape index (κ1) is 19.1. The number of carbonyl (C=O) groups excluding carboxylic acids is 2. The molecule has 0 fully saturated rings. The quantitative estimate of drug-likeness (QED) is 0.280. The third kappa shape index (κ3) is 3.24. The van der Waals surface area contributed by atoms with E-state index >= 15 is 0 Å². The zero-order valence-electron chi connectivity index (χ0n) is 16.0. The number of ketones is 1. The van der Waals surface area contributed by atoms with Crippen molar-refractivity contribution in [3.63, 3.8) is 0 Å². The number of Topliss-reactive ketones (excluding diaryl/α,β-unsaturated/α-hetero) is 1. The summed E-state index contributed by atoms with van der Waals surface area (Å²) in [5, 5.41) is 1.99. The lowest BCUT2D eigenvalue weighted by Crippen LogP contribution is -2.08. The normalized spacial score (nSPS) is 13.1. The number of ether oxygens (including phenoxy) is 1. The molecule has 28 heavy (non-hydrogen) atoms. The van der Waals surface area contributed by atoms with Crippen LogP contribution >= 0.6 is 23.1 Å². The van der Waals surface area contributed by atoms with E-state index in [-0.39, 0.29) is 11.5 Å². The molecule has 0 unspecified atom stereocenters. The van der Waals surface area contributed by atoms with Crippen molar-refractivity contribution < 1.29 is 14.3 Å². The molecule has 3 aromatic rings. The van der Waals surface area contributed by atoms with Crippen molar-refractivity contribution in [2.24, 2.45) is 0 Å². The van der Waals surface area contributed by atoms with Crippen molar-refractivity contribution in [2.75, 3.05) is 12.4 Å². The van der Waals surface area contributed by atoms with Gasteiger partial charge in [-0.1, -0.05) is 11.8 Å². The Balaban J connectivity index is 1.58. The first-order valence-electron chi connectivity index (χ1n) is 9.28. The molecule has 3 aromatic heterocycles. The molecular weight excluding hydrogens is 394 g/mol. The standard InChI is InChI=1S/C20H21N3O3S2/c1-4-26-20(25)17-10(2)15(11(3)23-17)13(24)8-27-18-16-12-6-5-7-14(12)28-19(16)22-9-21-18/h9,23H,4-8H2,1-3H3. The molecule has 0 amide bonds. The second-order valence-corrected chi connectivity index (χ2v) is 8.82. The molecule has 1 aliphatic carbocycles. The fourth-order valence-corrected chi connectivity index (χ4v) is 5.98. The van der Waals surface area contributed by atoms with Crippen LogP contribution in [0.3, 0.4) is 0 Å². The summed E-state index contributed by atoms with van der Waals surface area (Å²) in [5.74, 6) is -0.190. The highest BCUT2D eigenvalue weighted by Crippen LogP contribution is 2.40. The van der Waals surface area contributed by atoms with Gasteiger partial charge < -0.3 is 9.72 Å². The van der Waals surface area contributed by atoms with E-state index in [0.29, 0.717) is 29.1 Å². The Bertz CT molecular complexity index is 1080. The number of fused-ring (bicyclic) bond motifs is 3. The largest absolute Gasteiger partial charge is 0.461 e. The highest BCUT2D eigenvalue weighted by atomic mass is 32.2. The first-order valence-corrected chi connectivity index (χ1v) is 11.1. The van der Waals surface area contributed by atoms with Crippen molar-refractivity contribution in [3.05, 3.63) is 39.3 Å². The van der Waals surface area contributed by atoms with Gasteiger partial charge in [-0.2, -0.15) is 0 Å². The summed E-state index contributed by atoms with van der Waals surface area (Å²) in [5.41, 5.74) is 3.61. The molecule has 146 valence electrons. The van der Waals surface area contributed by atoms with Crippen LogP contribution in [0.15, 0.2) is 11.4 Å². The maximum absolute atomic E-state index is 12.9. The minimum Gasteiger partial charge on any atom is -0.461 e. The number of thiophene rings is 1. The minimum atomic E-state index is -0.429. The third-order valence-electron chi connectivity index (χ3n) is 5.00. The van der Waals surface area contributed by atoms with E-state index in [9.17, 15) is 9.59 Å². The van der Waals surface area contributed by atoms with Crippen molar-refractivity contribution in [3.8, 4) is 0 Å². The number of thioether (sulfide) groups is 1. The molecule has 1 N–H and O–H groups in total. The molecule has 8 heteroatoms. The number of hydrogen-bond donors (Lipinski definition) is 1. The fourth-order valence-electron chi connectivity index (χ4n) is 3.79. The highest BCUT2D eigenvalue weighted by Gasteiger charge is 2.24. The molecule has 4 rings (SSSR count). The monoisotopic (exact) mass is 415 g/mol. The number of hydrogen-bond acceptors (Lipinski definition) is 7. The summed E-state index contributed by atoms with van der Waals surface area (Å²) in [6, 6.07) is 0. The zero-order chi connectivity index (χ0) is 19.8. The van der Waals surface area contributed by atoms with Gasteiger partial charge in [0.25, 0.3) is 0 Å². The average Bonchev–Trinajstić information content (AvgIpc) is 3.33. The summed E-state index contributed by atoms with van der Waals surface area (Å²) in [6.45, 7) is 5.64. The number of aromatic amines is 1. The van der Waals surface area contributed by atoms with Gasteiger partial charge in [0.1, 0.15) is 21.9 Å². The molecule has 0 aliphatic heterocycles. The van der Waals surface area contributed by atoms with Crippen LogP contribution in [0.2, 0.25) is 0 Å². The lowest BCUT2D eigenvalue weighted by molar-refractivity contribution is 0.0519. The molecule has 3 heterocycles. The summed E-state index contributed by atoms with van der Waals surface area (Å²) in [4.78, 5) is 39.3. The lowest BCUT2D eigenvalue weighted by Gasteiger charge is -2.05. The molecule has 0 saturated carbocycles. The number of rotatable bonds is 6. The Morgan fingerprint density at radius 3 is 2.89 bits per heavy atom. The topological polar surface area (TPSA) is 84.9 Å². The van der Waals surface area contributed by atoms with Gasteiger partial charge in [-0.3, -0.25) is 4.79 Å². The SMILES string of the molecule is CCOC(=O)c1[nH]c(C)c(C(=O)CSc2ncnc3sc4c(c23)CCC4)c1C. The zero-order valence-corrected chi connectivity index (χ0v) is 17.7. The van der Waals surface area contributed by atoms with Crippen molar-refractivity contribution in [1.29, 1.82) is 0 Å². The Kier molecular flexibility index (Phi) is 5.25. The second kappa shape index (κ2) is 7.67. The Labute approximate surface area is 171 Å². The number of nitrogens with one attached hydrogen (secondary N) is 1. The van der Waals surface area contributed by atoms with E-state index in [1.807, 2.05) is 6.92 Å². The number of aromatic nitrogens is 3. The molecule has 0 spiro atoms. The van der Waals surface area contributed by atoms with Gasteiger partial charge in [-0.05, 0) is 51.2 Å². The average molecular weight is 416 g/mol. The van der Waals surface area contributed by atoms with E-state index in [1.54, 1.807) is 31.5 Å². The molecular formula is C20H21N3O3S2. The Morgan fingerprint density at radius 2 is 2.11 bits per heavy atom. The summed E-state index contributed by atoms with van der Waals surface area (Å²) in [6.07, 6.45) is 4.92. The lowest BCUT2D eigenvalue weighted by atomic mass is 10.1. The Morgan fingerprint density at radius 1 is 1.29 bits per heavy atom. The van der Waals surface area contributed by atoms with Gasteiger partial charge >= 0.3 is 5.97 Å². The van der Waals surface area contributed by atoms with Crippen molar-refractivity contribution >= 4 is 45.1 Å². The van der Waals surface area contributed by atoms with Gasteiger partial charge in [0.05, 0.1) is 12.4 Å². The van der Waals surface area contributed by atoms with Gasteiger partial charge in [-0.15, -0.1) is 11.3 Å². The van der Waals surface area contributed by atoms with Crippen LogP contribution in [0, 0.1) is 13.8 Å². The highest BCUT2D eigenvalue weighted by molar-refractivity contribution is 8.00. The van der Waals surface area contributed by atoms with Crippen LogP contribution in [0.4, 0.5) is 0 Å². The molecule has 0 bridgehead atoms. The summed E-state index contributed by atoms with van der Waals surface area (Å²) >= 11 is 3.19. The van der Waals surface area contributed by atoms with Crippen LogP contribution < -0.4 is 0 Å². The molecule has 0 radical (unpaired) electrons. The minimum absolute atomic E-state index is 0.0227. The van der Waals surface area contributed by atoms with E-state index < -0.39 is 5.97 Å². The summed E-state index contributed by atoms with van der Waals surface area (Å²) in [7, 11) is 0. The van der Waals surface area contributed by atoms with E-state index in [4.69, 9.17) is 4.74 Å². The van der Waals surface area contributed by atoms with Gasteiger partial charge in [-0.25, -0.2) is 14.8 Å². The summed E-state index contributed by atoms with van der Waals surface area (Å²) < 4.78 is 5.07. The van der Waals surface area contributed by atoms with Crippen molar-refractivity contribution in [1.82, 2.24) is 15.0 Å². The molecule has 0 saturated heterocycles. The van der Waals surface area contributed by atoms with Crippen LogP contribution in [0.25, 0.3) is 10.2 Å². The first-order chi connectivity index (χ1) is 13.5. The fraction of sp³-hybridized carbons (Fsp3) is 0.400. The number of carbonyl (C=O) groups is 2. The van der Waals surface area contributed by atoms with Crippen LogP contribution in [0.1, 0.15) is 55.9 Å². The second-order valence-electron chi connectivity index (χ2n) is 6.77. The molecule has 6 nitrogen and oxygen atoms in total. The maximum atomic E-state index is 12.9. The molecule has 0 aromatic carbocycles. The van der Waals surface area contributed by atoms with Crippen molar-refractivity contribution in [2.45, 2.75) is 45.1 Å². The van der Waals surface area contributed by atoms with Gasteiger partial charge in [0.15, 0.2) is 5.78 Å². The predicted molar refractivity (Wildman–Crippen MR) is 111 cm³/mol. The van der Waals surface area contributed by atoms with Crippen LogP contribution in [-0.4, -0.2) is 39.1 Å². The third-order valence-corrected chi connectivity index (χ3v) is 7.19. The number of esters is 1. The van der Waals surface area contributed by atoms with Crippen LogP contribution in [-0.2, 0) is 17.6 Å². The van der Waals surface area contributed by atoms with Crippen LogP contribution in [0.5, 0.6) is 0 Å². The number of aryl methyl sites for hydroxylation is 3. The number of H-pyrrole nitrogens is 1. The smallest absolute Gasteiger partial charge is 0.355 e. The maximum Gasteiger partial charge on any atom is 0.355 e. The van der Waals surface area contributed by atoms with E-state index in [1.165, 1.54) is 28.6 Å². The van der Waals surface area contributed by atoms with Gasteiger partial charge in [0.2, 0.25) is 0 Å². The Hall–Kier alpha value is -2.19. The molecule has 0 atom stereocenters. The molecule has 1 aliphatic rings. The predicted octanol–water partition coefficient (Wildman–Crippen LogP) is 4.28. The van der Waals surface area contributed by atoms with E-state index in [0.717, 1.165) is 28.1 Å². The van der Waals surface area contributed by atoms with Gasteiger partial charge in [0, 0.05) is 21.5 Å². The van der Waals surface area contributed by atoms with E-state index in [2.05, 4.69) is 15.0 Å². The number of nitrogens with zero attached hydrogens (tertiary/aromatic N) is 2.